The Morgan fingerprint density at radius 3 is 2.50 bits per heavy atom. The van der Waals surface area contributed by atoms with Crippen molar-refractivity contribution in [1.82, 2.24) is 0 Å². The molecule has 0 heterocycles. The van der Waals surface area contributed by atoms with Gasteiger partial charge in [0.15, 0.2) is 6.29 Å². The Hall–Kier alpha value is -2.35. The van der Waals surface area contributed by atoms with E-state index in [-0.39, 0.29) is 6.29 Å². The molecule has 0 saturated heterocycles. The average Bonchev–Trinajstić information content (AvgIpc) is 2.54. The number of rotatable bonds is 7. The molecule has 0 amide bonds. The Kier molecular flexibility index (Phi) is 5.96. The minimum Gasteiger partial charge on any atom is -0.457 e. The van der Waals surface area contributed by atoms with E-state index in [2.05, 4.69) is 6.07 Å². The molecular weight excluding hydrogens is 278 g/mol. The highest BCUT2D eigenvalue weighted by atomic mass is 16.7. The molecule has 2 aromatic rings. The fourth-order valence-electron chi connectivity index (χ4n) is 1.93. The van der Waals surface area contributed by atoms with E-state index in [0.717, 1.165) is 11.3 Å². The molecule has 1 unspecified atom stereocenters. The maximum absolute atomic E-state index is 8.78. The van der Waals surface area contributed by atoms with E-state index in [1.54, 1.807) is 24.3 Å². The maximum atomic E-state index is 8.78. The second-order valence-electron chi connectivity index (χ2n) is 4.72. The smallest absolute Gasteiger partial charge is 0.155 e. The summed E-state index contributed by atoms with van der Waals surface area (Å²) in [5, 5.41) is 8.78. The van der Waals surface area contributed by atoms with Gasteiger partial charge in [-0.1, -0.05) is 12.1 Å². The first-order valence-corrected chi connectivity index (χ1v) is 7.21. The summed E-state index contributed by atoms with van der Waals surface area (Å²) in [6, 6.07) is 16.8. The van der Waals surface area contributed by atoms with Crippen molar-refractivity contribution in [2.45, 2.75) is 26.7 Å². The van der Waals surface area contributed by atoms with E-state index in [9.17, 15) is 0 Å². The molecule has 2 rings (SSSR count). The summed E-state index contributed by atoms with van der Waals surface area (Å²) in [5.74, 6) is 1.43. The lowest BCUT2D eigenvalue weighted by atomic mass is 10.2. The highest BCUT2D eigenvalue weighted by Crippen LogP contribution is 2.23. The van der Waals surface area contributed by atoms with Gasteiger partial charge in [0.05, 0.1) is 18.2 Å². The summed E-state index contributed by atoms with van der Waals surface area (Å²) in [6.07, 6.45) is -0.229. The molecule has 0 radical (unpaired) electrons. The third kappa shape index (κ3) is 4.88. The van der Waals surface area contributed by atoms with Crippen LogP contribution in [0.3, 0.4) is 0 Å². The fourth-order valence-corrected chi connectivity index (χ4v) is 1.93. The number of ether oxygens (including phenoxy) is 3. The molecule has 114 valence electrons. The molecule has 0 aliphatic heterocycles. The van der Waals surface area contributed by atoms with Crippen LogP contribution in [0.2, 0.25) is 0 Å². The number of hydrogen-bond donors (Lipinski definition) is 0. The van der Waals surface area contributed by atoms with E-state index in [1.165, 1.54) is 0 Å². The number of hydrogen-bond acceptors (Lipinski definition) is 4. The molecule has 2 aromatic carbocycles. The summed E-state index contributed by atoms with van der Waals surface area (Å²) < 4.78 is 16.7. The molecule has 0 saturated carbocycles. The molecule has 0 spiro atoms. The van der Waals surface area contributed by atoms with Gasteiger partial charge in [-0.05, 0) is 55.8 Å². The van der Waals surface area contributed by atoms with E-state index in [0.29, 0.717) is 24.5 Å². The van der Waals surface area contributed by atoms with Crippen molar-refractivity contribution in [1.29, 1.82) is 5.26 Å². The van der Waals surface area contributed by atoms with E-state index < -0.39 is 0 Å². The third-order valence-corrected chi connectivity index (χ3v) is 3.00. The summed E-state index contributed by atoms with van der Waals surface area (Å²) in [5.41, 5.74) is 1.62. The third-order valence-electron chi connectivity index (χ3n) is 3.00. The number of nitrogens with zero attached hydrogens (tertiary/aromatic N) is 1. The van der Waals surface area contributed by atoms with Gasteiger partial charge in [-0.3, -0.25) is 0 Å². The van der Waals surface area contributed by atoms with Gasteiger partial charge in [0.25, 0.3) is 0 Å². The standard InChI is InChI=1S/C18H19NO3/c1-3-20-14(2)21-13-16-5-4-6-18(11-16)22-17-9-7-15(12-19)8-10-17/h4-11,14H,3,13H2,1-2H3. The van der Waals surface area contributed by atoms with Crippen molar-refractivity contribution in [3.8, 4) is 17.6 Å². The van der Waals surface area contributed by atoms with Crippen LogP contribution in [0, 0.1) is 11.3 Å². The first kappa shape index (κ1) is 16.0. The summed E-state index contributed by atoms with van der Waals surface area (Å²) in [7, 11) is 0. The van der Waals surface area contributed by atoms with E-state index >= 15 is 0 Å². The van der Waals surface area contributed by atoms with E-state index in [4.69, 9.17) is 19.5 Å². The quantitative estimate of drug-likeness (QED) is 0.717. The predicted molar refractivity (Wildman–Crippen MR) is 83.6 cm³/mol. The van der Waals surface area contributed by atoms with Gasteiger partial charge in [0, 0.05) is 6.61 Å². The molecular formula is C18H19NO3. The van der Waals surface area contributed by atoms with Gasteiger partial charge in [-0.2, -0.15) is 5.26 Å². The van der Waals surface area contributed by atoms with Gasteiger partial charge < -0.3 is 14.2 Å². The van der Waals surface area contributed by atoms with Crippen molar-refractivity contribution in [3.05, 3.63) is 59.7 Å². The zero-order valence-corrected chi connectivity index (χ0v) is 12.8. The van der Waals surface area contributed by atoms with Gasteiger partial charge in [0.1, 0.15) is 11.5 Å². The molecule has 1 atom stereocenters. The van der Waals surface area contributed by atoms with Gasteiger partial charge in [0.2, 0.25) is 0 Å². The molecule has 0 fully saturated rings. The SMILES string of the molecule is CCOC(C)OCc1cccc(Oc2ccc(C#N)cc2)c1. The van der Waals surface area contributed by atoms with Crippen LogP contribution in [-0.2, 0) is 16.1 Å². The molecule has 0 aliphatic rings. The lowest BCUT2D eigenvalue weighted by molar-refractivity contribution is -0.134. The van der Waals surface area contributed by atoms with Crippen molar-refractivity contribution >= 4 is 0 Å². The van der Waals surface area contributed by atoms with Crippen LogP contribution in [0.1, 0.15) is 25.0 Å². The summed E-state index contributed by atoms with van der Waals surface area (Å²) in [6.45, 7) is 4.90. The van der Waals surface area contributed by atoms with Crippen LogP contribution in [0.15, 0.2) is 48.5 Å². The minimum absolute atomic E-state index is 0.229. The minimum atomic E-state index is -0.229. The van der Waals surface area contributed by atoms with Crippen LogP contribution in [0.25, 0.3) is 0 Å². The molecule has 4 heteroatoms. The summed E-state index contributed by atoms with van der Waals surface area (Å²) >= 11 is 0. The zero-order valence-electron chi connectivity index (χ0n) is 12.8. The fraction of sp³-hybridized carbons (Fsp3) is 0.278. The highest BCUT2D eigenvalue weighted by Gasteiger charge is 2.03. The van der Waals surface area contributed by atoms with Crippen LogP contribution >= 0.6 is 0 Å². The maximum Gasteiger partial charge on any atom is 0.155 e. The predicted octanol–water partition coefficient (Wildman–Crippen LogP) is 4.25. The molecule has 4 nitrogen and oxygen atoms in total. The topological polar surface area (TPSA) is 51.5 Å². The molecule has 22 heavy (non-hydrogen) atoms. The largest absolute Gasteiger partial charge is 0.457 e. The lowest BCUT2D eigenvalue weighted by Gasteiger charge is -2.13. The second kappa shape index (κ2) is 8.18. The molecule has 0 aliphatic carbocycles. The van der Waals surface area contributed by atoms with Gasteiger partial charge in [-0.15, -0.1) is 0 Å². The second-order valence-corrected chi connectivity index (χ2v) is 4.72. The van der Waals surface area contributed by atoms with Crippen LogP contribution in [-0.4, -0.2) is 12.9 Å². The number of benzene rings is 2. The summed E-state index contributed by atoms with van der Waals surface area (Å²) in [4.78, 5) is 0. The lowest BCUT2D eigenvalue weighted by Crippen LogP contribution is -2.12. The normalized spacial score (nSPS) is 11.7. The zero-order chi connectivity index (χ0) is 15.8. The highest BCUT2D eigenvalue weighted by molar-refractivity contribution is 5.38. The Bertz CT molecular complexity index is 632. The van der Waals surface area contributed by atoms with Gasteiger partial charge >= 0.3 is 0 Å². The van der Waals surface area contributed by atoms with Crippen molar-refractivity contribution in [2.24, 2.45) is 0 Å². The Morgan fingerprint density at radius 2 is 1.82 bits per heavy atom. The Morgan fingerprint density at radius 1 is 1.05 bits per heavy atom. The molecule has 0 aromatic heterocycles. The Balaban J connectivity index is 1.97. The van der Waals surface area contributed by atoms with Crippen LogP contribution < -0.4 is 4.74 Å². The monoisotopic (exact) mass is 297 g/mol. The number of nitriles is 1. The van der Waals surface area contributed by atoms with Crippen molar-refractivity contribution in [3.63, 3.8) is 0 Å². The van der Waals surface area contributed by atoms with Gasteiger partial charge in [-0.25, -0.2) is 0 Å². The van der Waals surface area contributed by atoms with Crippen LogP contribution in [0.5, 0.6) is 11.5 Å². The average molecular weight is 297 g/mol. The Labute approximate surface area is 130 Å². The van der Waals surface area contributed by atoms with Crippen molar-refractivity contribution < 1.29 is 14.2 Å². The molecule has 0 bridgehead atoms. The van der Waals surface area contributed by atoms with E-state index in [1.807, 2.05) is 38.1 Å². The first-order valence-electron chi connectivity index (χ1n) is 7.21. The molecule has 0 N–H and O–H groups in total. The van der Waals surface area contributed by atoms with Crippen LogP contribution in [0.4, 0.5) is 0 Å². The first-order chi connectivity index (χ1) is 10.7. The van der Waals surface area contributed by atoms with Crippen molar-refractivity contribution in [2.75, 3.05) is 6.61 Å².